The number of rotatable bonds is 4. The molecule has 0 saturated heterocycles. The van der Waals surface area contributed by atoms with Gasteiger partial charge in [0.1, 0.15) is 0 Å². The lowest BCUT2D eigenvalue weighted by Gasteiger charge is -2.19. The van der Waals surface area contributed by atoms with Gasteiger partial charge in [0.05, 0.1) is 17.4 Å². The summed E-state index contributed by atoms with van der Waals surface area (Å²) in [5.41, 5.74) is 1.33. The maximum absolute atomic E-state index is 12.3. The van der Waals surface area contributed by atoms with Crippen LogP contribution in [0.1, 0.15) is 12.5 Å². The summed E-state index contributed by atoms with van der Waals surface area (Å²) in [6, 6.07) is 4.54. The van der Waals surface area contributed by atoms with Crippen molar-refractivity contribution >= 4 is 21.6 Å². The quantitative estimate of drug-likeness (QED) is 0.826. The highest BCUT2D eigenvalue weighted by molar-refractivity contribution is 7.89. The van der Waals surface area contributed by atoms with Gasteiger partial charge in [-0.2, -0.15) is 4.31 Å². The molecule has 7 heteroatoms. The highest BCUT2D eigenvalue weighted by Gasteiger charge is 2.25. The Labute approximate surface area is 112 Å². The second-order valence-corrected chi connectivity index (χ2v) is 6.72. The van der Waals surface area contributed by atoms with Crippen molar-refractivity contribution in [2.24, 2.45) is 0 Å². The van der Waals surface area contributed by atoms with Gasteiger partial charge in [0.25, 0.3) is 0 Å². The fourth-order valence-electron chi connectivity index (χ4n) is 2.02. The van der Waals surface area contributed by atoms with Gasteiger partial charge in [0, 0.05) is 19.3 Å². The van der Waals surface area contributed by atoms with E-state index in [1.54, 1.807) is 6.07 Å². The minimum absolute atomic E-state index is 0.0244. The molecule has 104 valence electrons. The molecule has 2 rings (SSSR count). The van der Waals surface area contributed by atoms with Crippen molar-refractivity contribution in [3.8, 4) is 0 Å². The average molecular weight is 284 g/mol. The first kappa shape index (κ1) is 14.0. The van der Waals surface area contributed by atoms with Crippen LogP contribution in [0.25, 0.3) is 0 Å². The molecule has 1 aliphatic rings. The molecule has 0 bridgehead atoms. The van der Waals surface area contributed by atoms with Gasteiger partial charge in [0.2, 0.25) is 15.9 Å². The summed E-state index contributed by atoms with van der Waals surface area (Å²) in [5.74, 6) is -0.137. The third-order valence-electron chi connectivity index (χ3n) is 2.93. The van der Waals surface area contributed by atoms with Gasteiger partial charge in [-0.05, 0) is 30.7 Å². The number of nitrogens with zero attached hydrogens (tertiary/aromatic N) is 1. The van der Waals surface area contributed by atoms with Crippen molar-refractivity contribution in [2.75, 3.05) is 18.9 Å². The van der Waals surface area contributed by atoms with E-state index in [2.05, 4.69) is 5.32 Å². The molecule has 1 aromatic rings. The summed E-state index contributed by atoms with van der Waals surface area (Å²) in [6.07, 6.45) is -0.545. The Hall–Kier alpha value is -1.44. The second kappa shape index (κ2) is 4.92. The van der Waals surface area contributed by atoms with Crippen LogP contribution in [0.15, 0.2) is 23.1 Å². The molecule has 1 atom stereocenters. The molecular weight excluding hydrogens is 268 g/mol. The summed E-state index contributed by atoms with van der Waals surface area (Å²) in [7, 11) is -2.22. The van der Waals surface area contributed by atoms with Crippen molar-refractivity contribution in [3.63, 3.8) is 0 Å². The highest BCUT2D eigenvalue weighted by Crippen LogP contribution is 2.26. The van der Waals surface area contributed by atoms with Gasteiger partial charge in [0.15, 0.2) is 0 Å². The maximum Gasteiger partial charge on any atom is 0.242 e. The van der Waals surface area contributed by atoms with Crippen molar-refractivity contribution in [1.82, 2.24) is 4.31 Å². The number of hydrogen-bond donors (Lipinski definition) is 2. The number of benzene rings is 1. The summed E-state index contributed by atoms with van der Waals surface area (Å²) in [6.45, 7) is 1.55. The molecule has 1 aliphatic heterocycles. The molecule has 0 radical (unpaired) electrons. The molecule has 0 aliphatic carbocycles. The van der Waals surface area contributed by atoms with Crippen LogP contribution in [0.4, 0.5) is 5.69 Å². The number of aliphatic hydroxyl groups is 1. The molecule has 19 heavy (non-hydrogen) atoms. The Bertz CT molecular complexity index is 610. The largest absolute Gasteiger partial charge is 0.392 e. The molecule has 1 amide bonds. The Morgan fingerprint density at radius 2 is 2.16 bits per heavy atom. The third kappa shape index (κ3) is 2.78. The average Bonchev–Trinajstić information content (AvgIpc) is 2.66. The lowest BCUT2D eigenvalue weighted by atomic mass is 10.2. The molecule has 0 spiro atoms. The van der Waals surface area contributed by atoms with Crippen LogP contribution in [0, 0.1) is 0 Å². The van der Waals surface area contributed by atoms with Crippen molar-refractivity contribution in [3.05, 3.63) is 23.8 Å². The number of amides is 1. The number of aliphatic hydroxyl groups excluding tert-OH is 1. The lowest BCUT2D eigenvalue weighted by molar-refractivity contribution is -0.115. The molecule has 0 aromatic heterocycles. The van der Waals surface area contributed by atoms with Crippen LogP contribution < -0.4 is 5.32 Å². The Morgan fingerprint density at radius 1 is 1.47 bits per heavy atom. The van der Waals surface area contributed by atoms with Gasteiger partial charge in [-0.15, -0.1) is 0 Å². The van der Waals surface area contributed by atoms with Gasteiger partial charge in [-0.1, -0.05) is 0 Å². The molecule has 0 fully saturated rings. The highest BCUT2D eigenvalue weighted by atomic mass is 32.2. The van der Waals surface area contributed by atoms with Crippen LogP contribution >= 0.6 is 0 Å². The van der Waals surface area contributed by atoms with E-state index in [1.807, 2.05) is 0 Å². The van der Waals surface area contributed by atoms with Crippen LogP contribution in [-0.4, -0.2) is 43.4 Å². The molecule has 0 saturated carbocycles. The van der Waals surface area contributed by atoms with E-state index < -0.39 is 16.1 Å². The number of carbonyl (C=O) groups is 1. The SMILES string of the molecule is CC(O)CN(C)S(=O)(=O)c1ccc2c(c1)CC(=O)N2. The Balaban J connectivity index is 2.32. The third-order valence-corrected chi connectivity index (χ3v) is 4.75. The van der Waals surface area contributed by atoms with E-state index in [0.717, 1.165) is 4.31 Å². The first-order valence-electron chi connectivity index (χ1n) is 5.88. The van der Waals surface area contributed by atoms with Crippen LogP contribution in [-0.2, 0) is 21.2 Å². The topological polar surface area (TPSA) is 86.7 Å². The van der Waals surface area contributed by atoms with Gasteiger partial charge >= 0.3 is 0 Å². The number of likely N-dealkylation sites (N-methyl/N-ethyl adjacent to an activating group) is 1. The predicted molar refractivity (Wildman–Crippen MR) is 70.3 cm³/mol. The molecule has 1 aromatic carbocycles. The zero-order chi connectivity index (χ0) is 14.2. The summed E-state index contributed by atoms with van der Waals surface area (Å²) < 4.78 is 25.6. The van der Waals surface area contributed by atoms with Crippen molar-refractivity contribution in [2.45, 2.75) is 24.3 Å². The standard InChI is InChI=1S/C12H16N2O4S/c1-8(15)7-14(2)19(17,18)10-3-4-11-9(5-10)6-12(16)13-11/h3-5,8,15H,6-7H2,1-2H3,(H,13,16). The molecule has 6 nitrogen and oxygen atoms in total. The number of nitrogens with one attached hydrogen (secondary N) is 1. The smallest absolute Gasteiger partial charge is 0.242 e. The summed E-state index contributed by atoms with van der Waals surface area (Å²) >= 11 is 0. The van der Waals surface area contributed by atoms with Gasteiger partial charge < -0.3 is 10.4 Å². The zero-order valence-corrected chi connectivity index (χ0v) is 11.6. The summed E-state index contributed by atoms with van der Waals surface area (Å²) in [4.78, 5) is 11.4. The minimum Gasteiger partial charge on any atom is -0.392 e. The van der Waals surface area contributed by atoms with E-state index in [-0.39, 0.29) is 23.8 Å². The fourth-order valence-corrected chi connectivity index (χ4v) is 3.32. The maximum atomic E-state index is 12.3. The van der Waals surface area contributed by atoms with Gasteiger partial charge in [-0.3, -0.25) is 4.79 Å². The molecule has 1 heterocycles. The van der Waals surface area contributed by atoms with Crippen molar-refractivity contribution in [1.29, 1.82) is 0 Å². The van der Waals surface area contributed by atoms with Crippen LogP contribution in [0.2, 0.25) is 0 Å². The monoisotopic (exact) mass is 284 g/mol. The second-order valence-electron chi connectivity index (χ2n) is 4.68. The first-order chi connectivity index (χ1) is 8.80. The normalized spacial score (nSPS) is 16.3. The first-order valence-corrected chi connectivity index (χ1v) is 7.32. The van der Waals surface area contributed by atoms with Crippen LogP contribution in [0.5, 0.6) is 0 Å². The van der Waals surface area contributed by atoms with E-state index in [9.17, 15) is 18.3 Å². The number of sulfonamides is 1. The van der Waals surface area contributed by atoms with Gasteiger partial charge in [-0.25, -0.2) is 8.42 Å². The Kier molecular flexibility index (Phi) is 3.62. The minimum atomic E-state index is -3.64. The number of fused-ring (bicyclic) bond motifs is 1. The summed E-state index contributed by atoms with van der Waals surface area (Å²) in [5, 5.41) is 11.9. The van der Waals surface area contributed by atoms with E-state index in [4.69, 9.17) is 0 Å². The van der Waals surface area contributed by atoms with Crippen molar-refractivity contribution < 1.29 is 18.3 Å². The van der Waals surface area contributed by atoms with E-state index >= 15 is 0 Å². The van der Waals surface area contributed by atoms with Crippen LogP contribution in [0.3, 0.4) is 0 Å². The Morgan fingerprint density at radius 3 is 2.79 bits per heavy atom. The van der Waals surface area contributed by atoms with E-state index in [1.165, 1.54) is 26.1 Å². The fraction of sp³-hybridized carbons (Fsp3) is 0.417. The number of hydrogen-bond acceptors (Lipinski definition) is 4. The molecule has 2 N–H and O–H groups in total. The predicted octanol–water partition coefficient (Wildman–Crippen LogP) is 0.183. The number of anilines is 1. The molecule has 1 unspecified atom stereocenters. The zero-order valence-electron chi connectivity index (χ0n) is 10.8. The van der Waals surface area contributed by atoms with E-state index in [0.29, 0.717) is 11.3 Å². The lowest BCUT2D eigenvalue weighted by Crippen LogP contribution is -2.33. The number of carbonyl (C=O) groups excluding carboxylic acids is 1. The molecular formula is C12H16N2O4S.